The predicted molar refractivity (Wildman–Crippen MR) is 81.3 cm³/mol. The van der Waals surface area contributed by atoms with Gasteiger partial charge in [-0.2, -0.15) is 0 Å². The first-order valence-corrected chi connectivity index (χ1v) is 7.57. The molecule has 1 heterocycles. The fourth-order valence-electron chi connectivity index (χ4n) is 2.74. The minimum absolute atomic E-state index is 0.240. The Morgan fingerprint density at radius 1 is 1.40 bits per heavy atom. The third kappa shape index (κ3) is 4.34. The van der Waals surface area contributed by atoms with Gasteiger partial charge in [-0.15, -0.1) is 0 Å². The highest BCUT2D eigenvalue weighted by Gasteiger charge is 2.18. The van der Waals surface area contributed by atoms with Crippen LogP contribution in [0.2, 0.25) is 0 Å². The van der Waals surface area contributed by atoms with Gasteiger partial charge in [0.1, 0.15) is 12.0 Å². The molecule has 110 valence electrons. The lowest BCUT2D eigenvalue weighted by Crippen LogP contribution is -2.37. The van der Waals surface area contributed by atoms with Crippen molar-refractivity contribution in [1.82, 2.24) is 4.90 Å². The number of likely N-dealkylation sites (tertiary alicyclic amines) is 1. The van der Waals surface area contributed by atoms with Crippen LogP contribution in [0.5, 0.6) is 5.75 Å². The molecule has 0 amide bonds. The molecule has 0 aliphatic carbocycles. The van der Waals surface area contributed by atoms with Crippen LogP contribution in [-0.4, -0.2) is 37.4 Å². The van der Waals surface area contributed by atoms with Gasteiger partial charge in [-0.1, -0.05) is 12.1 Å². The van der Waals surface area contributed by atoms with Crippen LogP contribution in [0.25, 0.3) is 0 Å². The second kappa shape index (κ2) is 7.44. The van der Waals surface area contributed by atoms with E-state index in [2.05, 4.69) is 36.9 Å². The number of nitrogens with zero attached hydrogens (tertiary/aromatic N) is 1. The quantitative estimate of drug-likeness (QED) is 0.590. The van der Waals surface area contributed by atoms with Crippen molar-refractivity contribution in [3.8, 4) is 5.75 Å². The number of aldehydes is 1. The van der Waals surface area contributed by atoms with Crippen molar-refractivity contribution in [3.63, 3.8) is 0 Å². The first kappa shape index (κ1) is 15.0. The predicted octanol–water partition coefficient (Wildman–Crippen LogP) is 2.98. The molecule has 1 atom stereocenters. The third-order valence-corrected chi connectivity index (χ3v) is 3.95. The number of benzene rings is 1. The van der Waals surface area contributed by atoms with Crippen LogP contribution in [-0.2, 0) is 4.79 Å². The van der Waals surface area contributed by atoms with E-state index in [1.807, 2.05) is 0 Å². The van der Waals surface area contributed by atoms with Gasteiger partial charge in [0.2, 0.25) is 0 Å². The van der Waals surface area contributed by atoms with Crippen LogP contribution in [0, 0.1) is 19.8 Å². The van der Waals surface area contributed by atoms with E-state index in [1.165, 1.54) is 11.1 Å². The van der Waals surface area contributed by atoms with Gasteiger partial charge >= 0.3 is 0 Å². The highest BCUT2D eigenvalue weighted by molar-refractivity contribution is 5.53. The maximum absolute atomic E-state index is 10.8. The van der Waals surface area contributed by atoms with Crippen LogP contribution >= 0.6 is 0 Å². The Morgan fingerprint density at radius 3 is 3.05 bits per heavy atom. The van der Waals surface area contributed by atoms with Crippen LogP contribution in [0.15, 0.2) is 18.2 Å². The van der Waals surface area contributed by atoms with E-state index in [0.717, 1.165) is 57.5 Å². The smallest absolute Gasteiger partial charge is 0.124 e. The average Bonchev–Trinajstić information content (AvgIpc) is 2.47. The van der Waals surface area contributed by atoms with Crippen molar-refractivity contribution in [2.75, 3.05) is 26.2 Å². The molecule has 0 bridgehead atoms. The maximum atomic E-state index is 10.8. The van der Waals surface area contributed by atoms with Crippen molar-refractivity contribution in [2.45, 2.75) is 33.1 Å². The van der Waals surface area contributed by atoms with E-state index in [0.29, 0.717) is 0 Å². The minimum atomic E-state index is 0.240. The molecule has 3 nitrogen and oxygen atoms in total. The zero-order valence-corrected chi connectivity index (χ0v) is 12.6. The molecule has 3 heteroatoms. The molecule has 0 aromatic heterocycles. The summed E-state index contributed by atoms with van der Waals surface area (Å²) in [6.07, 6.45) is 4.32. The summed E-state index contributed by atoms with van der Waals surface area (Å²) in [7, 11) is 0. The normalized spacial score (nSPS) is 19.8. The van der Waals surface area contributed by atoms with Gasteiger partial charge in [0, 0.05) is 19.0 Å². The molecule has 0 saturated carbocycles. The monoisotopic (exact) mass is 275 g/mol. The Kier molecular flexibility index (Phi) is 5.60. The highest BCUT2D eigenvalue weighted by atomic mass is 16.5. The van der Waals surface area contributed by atoms with Crippen molar-refractivity contribution >= 4 is 6.29 Å². The highest BCUT2D eigenvalue weighted by Crippen LogP contribution is 2.19. The lowest BCUT2D eigenvalue weighted by molar-refractivity contribution is -0.112. The lowest BCUT2D eigenvalue weighted by atomic mass is 10.00. The van der Waals surface area contributed by atoms with Crippen molar-refractivity contribution < 1.29 is 9.53 Å². The van der Waals surface area contributed by atoms with Gasteiger partial charge in [0.15, 0.2) is 0 Å². The third-order valence-electron chi connectivity index (χ3n) is 3.95. The summed E-state index contributed by atoms with van der Waals surface area (Å²) >= 11 is 0. The molecule has 1 aliphatic rings. The zero-order valence-electron chi connectivity index (χ0n) is 12.6. The summed E-state index contributed by atoms with van der Waals surface area (Å²) < 4.78 is 5.87. The number of hydrogen-bond acceptors (Lipinski definition) is 3. The molecule has 1 unspecified atom stereocenters. The summed E-state index contributed by atoms with van der Waals surface area (Å²) in [5.41, 5.74) is 2.42. The standard InChI is InChI=1S/C17H25NO2/c1-14-6-7-15(2)17(11-14)20-10-4-9-18-8-3-5-16(12-18)13-19/h6-7,11,13,16H,3-5,8-10,12H2,1-2H3. The summed E-state index contributed by atoms with van der Waals surface area (Å²) in [5.74, 6) is 1.23. The number of rotatable bonds is 6. The number of piperidine rings is 1. The Morgan fingerprint density at radius 2 is 2.25 bits per heavy atom. The van der Waals surface area contributed by atoms with Crippen LogP contribution in [0.4, 0.5) is 0 Å². The van der Waals surface area contributed by atoms with Gasteiger partial charge in [-0.3, -0.25) is 0 Å². The van der Waals surface area contributed by atoms with E-state index < -0.39 is 0 Å². The fraction of sp³-hybridized carbons (Fsp3) is 0.588. The maximum Gasteiger partial charge on any atom is 0.124 e. The largest absolute Gasteiger partial charge is 0.493 e. The minimum Gasteiger partial charge on any atom is -0.493 e. The van der Waals surface area contributed by atoms with E-state index in [9.17, 15) is 4.79 Å². The van der Waals surface area contributed by atoms with Crippen LogP contribution in [0.3, 0.4) is 0 Å². The van der Waals surface area contributed by atoms with Gasteiger partial charge < -0.3 is 14.4 Å². The number of ether oxygens (including phenoxy) is 1. The fourth-order valence-corrected chi connectivity index (χ4v) is 2.74. The molecular formula is C17H25NO2. The molecule has 0 radical (unpaired) electrons. The van der Waals surface area contributed by atoms with Crippen molar-refractivity contribution in [3.05, 3.63) is 29.3 Å². The Hall–Kier alpha value is -1.35. The van der Waals surface area contributed by atoms with Gasteiger partial charge in [-0.25, -0.2) is 0 Å². The molecule has 20 heavy (non-hydrogen) atoms. The number of carbonyl (C=O) groups is 1. The second-order valence-electron chi connectivity index (χ2n) is 5.81. The molecule has 0 N–H and O–H groups in total. The van der Waals surface area contributed by atoms with Crippen LogP contribution < -0.4 is 4.74 Å². The summed E-state index contributed by atoms with van der Waals surface area (Å²) in [6.45, 7) is 7.97. The van der Waals surface area contributed by atoms with Crippen molar-refractivity contribution in [2.24, 2.45) is 5.92 Å². The first-order chi connectivity index (χ1) is 9.69. The molecule has 1 aromatic carbocycles. The van der Waals surface area contributed by atoms with E-state index in [1.54, 1.807) is 0 Å². The Bertz CT molecular complexity index is 445. The van der Waals surface area contributed by atoms with E-state index in [4.69, 9.17) is 4.74 Å². The number of aryl methyl sites for hydroxylation is 2. The Balaban J connectivity index is 1.71. The molecule has 2 rings (SSSR count). The Labute approximate surface area is 121 Å². The topological polar surface area (TPSA) is 29.5 Å². The number of carbonyl (C=O) groups excluding carboxylic acids is 1. The molecule has 1 aliphatic heterocycles. The van der Waals surface area contributed by atoms with E-state index >= 15 is 0 Å². The SMILES string of the molecule is Cc1ccc(C)c(OCCCN2CCCC(C=O)C2)c1. The molecule has 0 spiro atoms. The van der Waals surface area contributed by atoms with E-state index in [-0.39, 0.29) is 5.92 Å². The lowest BCUT2D eigenvalue weighted by Gasteiger charge is -2.29. The first-order valence-electron chi connectivity index (χ1n) is 7.57. The van der Waals surface area contributed by atoms with Crippen molar-refractivity contribution in [1.29, 1.82) is 0 Å². The van der Waals surface area contributed by atoms with Gasteiger partial charge in [-0.05, 0) is 56.8 Å². The van der Waals surface area contributed by atoms with Gasteiger partial charge in [0.05, 0.1) is 6.61 Å². The van der Waals surface area contributed by atoms with Crippen LogP contribution in [0.1, 0.15) is 30.4 Å². The molecule has 1 fully saturated rings. The zero-order chi connectivity index (χ0) is 14.4. The average molecular weight is 275 g/mol. The molecule has 1 saturated heterocycles. The summed E-state index contributed by atoms with van der Waals surface area (Å²) in [4.78, 5) is 13.2. The number of hydrogen-bond donors (Lipinski definition) is 0. The van der Waals surface area contributed by atoms with Gasteiger partial charge in [0.25, 0.3) is 0 Å². The summed E-state index contributed by atoms with van der Waals surface area (Å²) in [6, 6.07) is 6.30. The second-order valence-corrected chi connectivity index (χ2v) is 5.81. The summed E-state index contributed by atoms with van der Waals surface area (Å²) in [5, 5.41) is 0. The molecular weight excluding hydrogens is 250 g/mol. The molecule has 1 aromatic rings.